The largest absolute Gasteiger partial charge is 0.326 e. The number of carbonyl (C=O) groups is 2. The molecule has 3 rings (SSSR count). The number of aliphatic imine (C=N–C) groups is 1. The molecule has 1 aliphatic heterocycles. The lowest BCUT2D eigenvalue weighted by Gasteiger charge is -2.11. The van der Waals surface area contributed by atoms with Gasteiger partial charge in [0.05, 0.1) is 5.69 Å². The van der Waals surface area contributed by atoms with E-state index in [0.717, 1.165) is 11.1 Å². The van der Waals surface area contributed by atoms with Crippen molar-refractivity contribution in [2.75, 3.05) is 12.4 Å². The van der Waals surface area contributed by atoms with E-state index in [9.17, 15) is 9.59 Å². The lowest BCUT2D eigenvalue weighted by atomic mass is 10.2. The molecule has 5 nitrogen and oxygen atoms in total. The third kappa shape index (κ3) is 4.69. The highest BCUT2D eigenvalue weighted by atomic mass is 35.5. The van der Waals surface area contributed by atoms with Crippen LogP contribution in [0.5, 0.6) is 0 Å². The molecule has 1 saturated heterocycles. The van der Waals surface area contributed by atoms with E-state index in [2.05, 4.69) is 10.3 Å². The Hall–Kier alpha value is -2.02. The summed E-state index contributed by atoms with van der Waals surface area (Å²) in [6.07, 6.45) is 0.0489. The summed E-state index contributed by atoms with van der Waals surface area (Å²) < 4.78 is 0. The van der Waals surface area contributed by atoms with Gasteiger partial charge < -0.3 is 5.32 Å². The van der Waals surface area contributed by atoms with Gasteiger partial charge >= 0.3 is 0 Å². The van der Waals surface area contributed by atoms with E-state index < -0.39 is 5.25 Å². The number of nitrogens with zero attached hydrogens (tertiary/aromatic N) is 2. The number of nitrogens with one attached hydrogen (secondary N) is 1. The SMILES string of the molecule is Cc1ccc(Cl)cc1N=C1SC(CC(=O)Nc2cc(Cl)ccc2C)C(=O)N1C. The van der Waals surface area contributed by atoms with E-state index in [1.807, 2.05) is 26.0 Å². The number of hydrogen-bond donors (Lipinski definition) is 1. The van der Waals surface area contributed by atoms with Gasteiger partial charge in [0, 0.05) is 29.2 Å². The second-order valence-corrected chi connectivity index (χ2v) is 8.58. The summed E-state index contributed by atoms with van der Waals surface area (Å²) in [5.74, 6) is -0.397. The highest BCUT2D eigenvalue weighted by Crippen LogP contribution is 2.32. The number of benzene rings is 2. The molecular weight excluding hydrogens is 417 g/mol. The topological polar surface area (TPSA) is 61.8 Å². The Kier molecular flexibility index (Phi) is 6.33. The molecule has 2 aromatic rings. The minimum Gasteiger partial charge on any atom is -0.326 e. The fourth-order valence-corrected chi connectivity index (χ4v) is 4.19. The van der Waals surface area contributed by atoms with E-state index in [-0.39, 0.29) is 18.2 Å². The molecule has 0 saturated carbocycles. The monoisotopic (exact) mass is 435 g/mol. The molecule has 1 heterocycles. The van der Waals surface area contributed by atoms with Crippen LogP contribution in [-0.4, -0.2) is 34.2 Å². The standard InChI is InChI=1S/C20H19Cl2N3O2S/c1-11-4-6-13(21)8-15(11)23-18(26)10-17-19(27)25(3)20(28-17)24-16-9-14(22)7-5-12(16)2/h4-9,17H,10H2,1-3H3,(H,23,26). The zero-order valence-electron chi connectivity index (χ0n) is 15.6. The van der Waals surface area contributed by atoms with Crippen LogP contribution >= 0.6 is 35.0 Å². The normalized spacial score (nSPS) is 18.0. The first kappa shape index (κ1) is 20.7. The van der Waals surface area contributed by atoms with E-state index in [1.54, 1.807) is 31.3 Å². The highest BCUT2D eigenvalue weighted by Gasteiger charge is 2.37. The number of rotatable bonds is 4. The van der Waals surface area contributed by atoms with Crippen LogP contribution in [0.2, 0.25) is 10.0 Å². The van der Waals surface area contributed by atoms with Gasteiger partial charge in [-0.1, -0.05) is 47.1 Å². The molecular formula is C20H19Cl2N3O2S. The fraction of sp³-hybridized carbons (Fsp3) is 0.250. The molecule has 1 N–H and O–H groups in total. The maximum absolute atomic E-state index is 12.6. The van der Waals surface area contributed by atoms with Gasteiger partial charge in [0.15, 0.2) is 5.17 Å². The van der Waals surface area contributed by atoms with Crippen molar-refractivity contribution >= 4 is 63.3 Å². The minimum atomic E-state index is -0.525. The maximum Gasteiger partial charge on any atom is 0.242 e. The van der Waals surface area contributed by atoms with E-state index in [0.29, 0.717) is 26.6 Å². The van der Waals surface area contributed by atoms with Crippen molar-refractivity contribution in [2.45, 2.75) is 25.5 Å². The fourth-order valence-electron chi connectivity index (χ4n) is 2.70. The van der Waals surface area contributed by atoms with Crippen molar-refractivity contribution in [1.82, 2.24) is 4.90 Å². The molecule has 1 unspecified atom stereocenters. The van der Waals surface area contributed by atoms with Crippen LogP contribution in [0, 0.1) is 13.8 Å². The molecule has 0 radical (unpaired) electrons. The Labute approximate surface area is 178 Å². The average molecular weight is 436 g/mol. The van der Waals surface area contributed by atoms with Crippen molar-refractivity contribution in [3.63, 3.8) is 0 Å². The molecule has 2 amide bonds. The van der Waals surface area contributed by atoms with Crippen LogP contribution in [-0.2, 0) is 9.59 Å². The number of amides is 2. The second kappa shape index (κ2) is 8.55. The van der Waals surface area contributed by atoms with Crippen molar-refractivity contribution in [2.24, 2.45) is 4.99 Å². The van der Waals surface area contributed by atoms with Gasteiger partial charge in [-0.15, -0.1) is 0 Å². The van der Waals surface area contributed by atoms with Gasteiger partial charge in [-0.05, 0) is 49.2 Å². The quantitative estimate of drug-likeness (QED) is 0.717. The number of hydrogen-bond acceptors (Lipinski definition) is 4. The summed E-state index contributed by atoms with van der Waals surface area (Å²) in [5.41, 5.74) is 3.20. The summed E-state index contributed by atoms with van der Waals surface area (Å²) in [4.78, 5) is 31.1. The van der Waals surface area contributed by atoms with Crippen LogP contribution in [0.3, 0.4) is 0 Å². The van der Waals surface area contributed by atoms with Gasteiger partial charge in [-0.3, -0.25) is 14.5 Å². The van der Waals surface area contributed by atoms with Crippen molar-refractivity contribution in [3.05, 3.63) is 57.6 Å². The summed E-state index contributed by atoms with van der Waals surface area (Å²) in [5, 5.41) is 3.97. The van der Waals surface area contributed by atoms with E-state index in [4.69, 9.17) is 23.2 Å². The predicted molar refractivity (Wildman–Crippen MR) is 117 cm³/mol. The van der Waals surface area contributed by atoms with Gasteiger partial charge in [0.25, 0.3) is 0 Å². The lowest BCUT2D eigenvalue weighted by molar-refractivity contribution is -0.127. The maximum atomic E-state index is 12.6. The van der Waals surface area contributed by atoms with Gasteiger partial charge in [-0.2, -0.15) is 0 Å². The Morgan fingerprint density at radius 3 is 2.50 bits per heavy atom. The summed E-state index contributed by atoms with van der Waals surface area (Å²) in [7, 11) is 1.66. The number of carbonyl (C=O) groups excluding carboxylic acids is 2. The molecule has 0 aliphatic carbocycles. The van der Waals surface area contributed by atoms with Gasteiger partial charge in [-0.25, -0.2) is 4.99 Å². The zero-order valence-corrected chi connectivity index (χ0v) is 18.0. The summed E-state index contributed by atoms with van der Waals surface area (Å²) in [6.45, 7) is 3.81. The second-order valence-electron chi connectivity index (χ2n) is 6.54. The molecule has 0 bridgehead atoms. The van der Waals surface area contributed by atoms with Crippen LogP contribution in [0.15, 0.2) is 41.4 Å². The predicted octanol–water partition coefficient (Wildman–Crippen LogP) is 5.20. The third-order valence-corrected chi connectivity index (χ3v) is 6.07. The number of halogens is 2. The van der Waals surface area contributed by atoms with Crippen LogP contribution in [0.1, 0.15) is 17.5 Å². The van der Waals surface area contributed by atoms with Gasteiger partial charge in [0.2, 0.25) is 11.8 Å². The zero-order chi connectivity index (χ0) is 20.4. The number of thioether (sulfide) groups is 1. The van der Waals surface area contributed by atoms with Crippen LogP contribution in [0.4, 0.5) is 11.4 Å². The summed E-state index contributed by atoms with van der Waals surface area (Å²) in [6, 6.07) is 10.7. The molecule has 146 valence electrons. The highest BCUT2D eigenvalue weighted by molar-refractivity contribution is 8.15. The van der Waals surface area contributed by atoms with Gasteiger partial charge in [0.1, 0.15) is 5.25 Å². The Balaban J connectivity index is 1.73. The first-order valence-corrected chi connectivity index (χ1v) is 10.2. The molecule has 28 heavy (non-hydrogen) atoms. The molecule has 2 aromatic carbocycles. The first-order valence-electron chi connectivity index (χ1n) is 8.59. The summed E-state index contributed by atoms with van der Waals surface area (Å²) >= 11 is 13.3. The molecule has 0 spiro atoms. The molecule has 1 fully saturated rings. The van der Waals surface area contributed by atoms with E-state index in [1.165, 1.54) is 16.7 Å². The molecule has 8 heteroatoms. The first-order chi connectivity index (χ1) is 13.2. The molecule has 1 atom stereocenters. The molecule has 0 aromatic heterocycles. The van der Waals surface area contributed by atoms with Crippen LogP contribution < -0.4 is 5.32 Å². The lowest BCUT2D eigenvalue weighted by Crippen LogP contribution is -2.30. The Bertz CT molecular complexity index is 978. The number of amidine groups is 1. The average Bonchev–Trinajstić information content (AvgIpc) is 2.89. The number of aryl methyl sites for hydroxylation is 2. The molecule has 1 aliphatic rings. The van der Waals surface area contributed by atoms with Crippen molar-refractivity contribution in [3.8, 4) is 0 Å². The van der Waals surface area contributed by atoms with E-state index >= 15 is 0 Å². The Morgan fingerprint density at radius 2 is 1.79 bits per heavy atom. The van der Waals surface area contributed by atoms with Crippen molar-refractivity contribution in [1.29, 1.82) is 0 Å². The minimum absolute atomic E-state index is 0.0489. The van der Waals surface area contributed by atoms with Crippen LogP contribution in [0.25, 0.3) is 0 Å². The smallest absolute Gasteiger partial charge is 0.242 e. The van der Waals surface area contributed by atoms with Crippen molar-refractivity contribution < 1.29 is 9.59 Å². The third-order valence-electron chi connectivity index (χ3n) is 4.37. The number of anilines is 1. The Morgan fingerprint density at radius 1 is 1.14 bits per heavy atom.